The van der Waals surface area contributed by atoms with Crippen LogP contribution in [0.3, 0.4) is 0 Å². The molecule has 1 radical (unpaired) electrons. The lowest BCUT2D eigenvalue weighted by molar-refractivity contribution is 0.802. The molecule has 18 heavy (non-hydrogen) atoms. The average Bonchev–Trinajstić information content (AvgIpc) is 2.43. The Balaban J connectivity index is 2.34. The molecule has 0 heterocycles. The minimum atomic E-state index is 1.16. The number of fused-ring (bicyclic) bond motifs is 2. The molecule has 0 saturated carbocycles. The lowest BCUT2D eigenvalue weighted by atomic mass is 9.94. The predicted molar refractivity (Wildman–Crippen MR) is 78.9 cm³/mol. The maximum absolute atomic E-state index is 3.53. The van der Waals surface area contributed by atoms with Crippen molar-refractivity contribution in [3.63, 3.8) is 0 Å². The molecular formula is C18H17. The molecule has 0 N–H and O–H groups in total. The lowest BCUT2D eigenvalue weighted by Gasteiger charge is -2.10. The Morgan fingerprint density at radius 3 is 1.94 bits per heavy atom. The molecule has 3 rings (SSSR count). The molecule has 0 amide bonds. The van der Waals surface area contributed by atoms with E-state index in [9.17, 15) is 0 Å². The fourth-order valence-corrected chi connectivity index (χ4v) is 2.62. The maximum Gasteiger partial charge on any atom is -0.00141 e. The Hall–Kier alpha value is -1.82. The van der Waals surface area contributed by atoms with Crippen molar-refractivity contribution in [2.75, 3.05) is 0 Å². The molecule has 0 aliphatic carbocycles. The standard InChI is InChI=1S/C18H17/c1-2-3-10-18-16-11-6-4-8-14(16)13-15-9-5-7-12-17(15)18/h4-9,11-12H,2-3,10H2,1H3. The van der Waals surface area contributed by atoms with E-state index in [2.05, 4.69) is 61.5 Å². The Morgan fingerprint density at radius 1 is 0.833 bits per heavy atom. The van der Waals surface area contributed by atoms with E-state index in [4.69, 9.17) is 0 Å². The molecule has 0 heteroatoms. The van der Waals surface area contributed by atoms with Gasteiger partial charge in [-0.15, -0.1) is 0 Å². The second-order valence-corrected chi connectivity index (χ2v) is 4.80. The van der Waals surface area contributed by atoms with Crippen molar-refractivity contribution < 1.29 is 0 Å². The van der Waals surface area contributed by atoms with E-state index in [1.807, 2.05) is 0 Å². The van der Waals surface area contributed by atoms with Crippen LogP contribution in [0.25, 0.3) is 21.5 Å². The molecule has 0 saturated heterocycles. The summed E-state index contributed by atoms with van der Waals surface area (Å²) in [6.07, 6.45) is 3.64. The Bertz CT molecular complexity index is 626. The fraction of sp³-hybridized carbons (Fsp3) is 0.222. The smallest absolute Gasteiger partial charge is 0.00141 e. The summed E-state index contributed by atoms with van der Waals surface area (Å²) in [6.45, 7) is 2.25. The van der Waals surface area contributed by atoms with Crippen molar-refractivity contribution in [3.8, 4) is 0 Å². The zero-order chi connectivity index (χ0) is 12.4. The number of aryl methyl sites for hydroxylation is 1. The number of hydrogen-bond donors (Lipinski definition) is 0. The molecule has 0 fully saturated rings. The van der Waals surface area contributed by atoms with Gasteiger partial charge in [0.2, 0.25) is 0 Å². The van der Waals surface area contributed by atoms with Crippen molar-refractivity contribution in [2.45, 2.75) is 26.2 Å². The minimum Gasteiger partial charge on any atom is -0.0654 e. The molecule has 89 valence electrons. The molecular weight excluding hydrogens is 216 g/mol. The highest BCUT2D eigenvalue weighted by atomic mass is 14.1. The second kappa shape index (κ2) is 4.81. The Kier molecular flexibility index (Phi) is 3.02. The summed E-state index contributed by atoms with van der Waals surface area (Å²) in [4.78, 5) is 0. The molecule has 0 aromatic heterocycles. The largest absolute Gasteiger partial charge is 0.0654 e. The van der Waals surface area contributed by atoms with E-state index in [-0.39, 0.29) is 0 Å². The van der Waals surface area contributed by atoms with Crippen molar-refractivity contribution in [1.82, 2.24) is 0 Å². The van der Waals surface area contributed by atoms with E-state index in [0.29, 0.717) is 0 Å². The average molecular weight is 233 g/mol. The number of hydrogen-bond acceptors (Lipinski definition) is 0. The summed E-state index contributed by atoms with van der Waals surface area (Å²) in [5.41, 5.74) is 1.49. The summed E-state index contributed by atoms with van der Waals surface area (Å²) < 4.78 is 0. The lowest BCUT2D eigenvalue weighted by Crippen LogP contribution is -1.90. The minimum absolute atomic E-state index is 1.16. The monoisotopic (exact) mass is 233 g/mol. The summed E-state index contributed by atoms with van der Waals surface area (Å²) in [5.74, 6) is 0. The van der Waals surface area contributed by atoms with Crippen molar-refractivity contribution in [3.05, 3.63) is 60.2 Å². The first-order valence-electron chi connectivity index (χ1n) is 6.72. The van der Waals surface area contributed by atoms with Gasteiger partial charge < -0.3 is 0 Å². The summed E-state index contributed by atoms with van der Waals surface area (Å²) in [7, 11) is 0. The normalized spacial score (nSPS) is 11.2. The van der Waals surface area contributed by atoms with Crippen LogP contribution >= 0.6 is 0 Å². The second-order valence-electron chi connectivity index (χ2n) is 4.80. The van der Waals surface area contributed by atoms with E-state index >= 15 is 0 Å². The summed E-state index contributed by atoms with van der Waals surface area (Å²) >= 11 is 0. The van der Waals surface area contributed by atoms with E-state index in [1.54, 1.807) is 0 Å². The third-order valence-corrected chi connectivity index (χ3v) is 3.55. The molecule has 0 atom stereocenters. The third-order valence-electron chi connectivity index (χ3n) is 3.55. The number of rotatable bonds is 3. The predicted octanol–water partition coefficient (Wildman–Crippen LogP) is 5.14. The zero-order valence-electron chi connectivity index (χ0n) is 10.7. The van der Waals surface area contributed by atoms with Crippen LogP contribution in [-0.4, -0.2) is 0 Å². The van der Waals surface area contributed by atoms with Gasteiger partial charge in [0.15, 0.2) is 0 Å². The highest BCUT2D eigenvalue weighted by molar-refractivity contribution is 6.01. The number of unbranched alkanes of at least 4 members (excludes halogenated alkanes) is 1. The van der Waals surface area contributed by atoms with Gasteiger partial charge in [-0.1, -0.05) is 61.9 Å². The van der Waals surface area contributed by atoms with Crippen LogP contribution < -0.4 is 0 Å². The fourth-order valence-electron chi connectivity index (χ4n) is 2.62. The van der Waals surface area contributed by atoms with Gasteiger partial charge in [-0.2, -0.15) is 0 Å². The van der Waals surface area contributed by atoms with Crippen LogP contribution in [0.15, 0.2) is 48.5 Å². The first-order chi connectivity index (χ1) is 8.90. The van der Waals surface area contributed by atoms with Gasteiger partial charge in [0.25, 0.3) is 0 Å². The van der Waals surface area contributed by atoms with Crippen LogP contribution in [-0.2, 0) is 6.42 Å². The maximum atomic E-state index is 3.53. The van der Waals surface area contributed by atoms with Gasteiger partial charge in [-0.3, -0.25) is 0 Å². The SMILES string of the molecule is CCCCc1c2ccccc2[c]c2ccccc12. The molecule has 0 bridgehead atoms. The first-order valence-corrected chi connectivity index (χ1v) is 6.72. The molecule has 0 nitrogen and oxygen atoms in total. The molecule has 0 unspecified atom stereocenters. The van der Waals surface area contributed by atoms with E-state index < -0.39 is 0 Å². The van der Waals surface area contributed by atoms with Crippen molar-refractivity contribution in [1.29, 1.82) is 0 Å². The summed E-state index contributed by atoms with van der Waals surface area (Å²) in [6, 6.07) is 20.7. The topological polar surface area (TPSA) is 0 Å². The van der Waals surface area contributed by atoms with Crippen LogP contribution in [0.2, 0.25) is 0 Å². The highest BCUT2D eigenvalue weighted by Gasteiger charge is 2.06. The highest BCUT2D eigenvalue weighted by Crippen LogP contribution is 2.29. The molecule has 0 spiro atoms. The Morgan fingerprint density at radius 2 is 1.39 bits per heavy atom. The van der Waals surface area contributed by atoms with Gasteiger partial charge in [-0.25, -0.2) is 0 Å². The van der Waals surface area contributed by atoms with Crippen LogP contribution in [0.5, 0.6) is 0 Å². The quantitative estimate of drug-likeness (QED) is 0.550. The molecule has 0 aliphatic heterocycles. The van der Waals surface area contributed by atoms with Crippen molar-refractivity contribution in [2.24, 2.45) is 0 Å². The number of benzene rings is 3. The van der Waals surface area contributed by atoms with Gasteiger partial charge >= 0.3 is 0 Å². The van der Waals surface area contributed by atoms with Gasteiger partial charge in [0.1, 0.15) is 0 Å². The summed E-state index contributed by atoms with van der Waals surface area (Å²) in [5, 5.41) is 5.21. The van der Waals surface area contributed by atoms with Crippen LogP contribution in [0.4, 0.5) is 0 Å². The van der Waals surface area contributed by atoms with Crippen LogP contribution in [0, 0.1) is 6.07 Å². The zero-order valence-corrected chi connectivity index (χ0v) is 10.7. The van der Waals surface area contributed by atoms with E-state index in [0.717, 1.165) is 6.42 Å². The molecule has 0 aliphatic rings. The van der Waals surface area contributed by atoms with Crippen molar-refractivity contribution >= 4 is 21.5 Å². The van der Waals surface area contributed by atoms with Gasteiger partial charge in [0, 0.05) is 0 Å². The molecule has 3 aromatic carbocycles. The third kappa shape index (κ3) is 1.88. The van der Waals surface area contributed by atoms with Gasteiger partial charge in [0.05, 0.1) is 0 Å². The van der Waals surface area contributed by atoms with Crippen LogP contribution in [0.1, 0.15) is 25.3 Å². The van der Waals surface area contributed by atoms with Gasteiger partial charge in [-0.05, 0) is 46.0 Å². The van der Waals surface area contributed by atoms with E-state index in [1.165, 1.54) is 39.9 Å². The first kappa shape index (κ1) is 11.3. The molecule has 3 aromatic rings. The Labute approximate surface area is 108 Å².